The second kappa shape index (κ2) is 16.2. The molecule has 0 saturated carbocycles. The van der Waals surface area contributed by atoms with Gasteiger partial charge in [0.05, 0.1) is 42.7 Å². The van der Waals surface area contributed by atoms with Crippen LogP contribution in [0.25, 0.3) is 22.4 Å². The van der Waals surface area contributed by atoms with Gasteiger partial charge in [-0.3, -0.25) is 9.59 Å². The number of aromatic nitrogens is 1. The van der Waals surface area contributed by atoms with Crippen LogP contribution in [0.4, 0.5) is 10.1 Å². The molecule has 0 aliphatic rings. The first-order valence-electron chi connectivity index (χ1n) is 14.3. The van der Waals surface area contributed by atoms with Gasteiger partial charge in [0, 0.05) is 23.9 Å². The molecule has 5 N–H and O–H groups in total. The van der Waals surface area contributed by atoms with Crippen molar-refractivity contribution in [3.63, 3.8) is 0 Å². The fourth-order valence-corrected chi connectivity index (χ4v) is 5.46. The number of hydrogen-bond acceptors (Lipinski definition) is 6. The van der Waals surface area contributed by atoms with Gasteiger partial charge in [-0.05, 0) is 66.3 Å². The van der Waals surface area contributed by atoms with E-state index in [1.54, 1.807) is 18.2 Å². The topological polar surface area (TPSA) is 141 Å². The number of nitrogens with zero attached hydrogens (tertiary/aromatic N) is 1. The van der Waals surface area contributed by atoms with Crippen molar-refractivity contribution in [1.82, 2.24) is 4.57 Å². The number of benzene rings is 3. The minimum atomic E-state index is -1.21. The first kappa shape index (κ1) is 36.1. The Labute approximate surface area is 291 Å². The van der Waals surface area contributed by atoms with Crippen LogP contribution < -0.4 is 10.1 Å². The Morgan fingerprint density at radius 2 is 1.62 bits per heavy atom. The Bertz CT molecular complexity index is 1610. The summed E-state index contributed by atoms with van der Waals surface area (Å²) in [5, 5.41) is 42.7. The van der Waals surface area contributed by atoms with Crippen molar-refractivity contribution in [1.29, 1.82) is 0 Å². The number of nitrogens with one attached hydrogen (secondary N) is 1. The molecule has 0 aliphatic carbocycles. The second-order valence-corrected chi connectivity index (χ2v) is 10.9. The Hall–Kier alpha value is -3.41. The molecule has 0 aliphatic heterocycles. The molecule has 1 amide bonds. The average molecular weight is 647 g/mol. The van der Waals surface area contributed by atoms with Gasteiger partial charge in [0.1, 0.15) is 17.3 Å². The summed E-state index contributed by atoms with van der Waals surface area (Å²) in [4.78, 5) is 25.3. The molecule has 0 spiro atoms. The van der Waals surface area contributed by atoms with Gasteiger partial charge in [-0.25, -0.2) is 4.39 Å². The number of amides is 1. The van der Waals surface area contributed by atoms with Crippen molar-refractivity contribution in [3.05, 3.63) is 89.9 Å². The van der Waals surface area contributed by atoms with Crippen molar-refractivity contribution in [2.75, 3.05) is 12.4 Å². The number of aliphatic hydroxyl groups is 2. The maximum atomic E-state index is 14.3. The number of anilines is 1. The van der Waals surface area contributed by atoms with E-state index in [2.05, 4.69) is 5.32 Å². The summed E-state index contributed by atoms with van der Waals surface area (Å²) in [6.45, 7) is 4.11. The fraction of sp³-hybridized carbons (Fsp3) is 0.294. The molecule has 0 bridgehead atoms. The Morgan fingerprint density at radius 1 is 0.956 bits per heavy atom. The Balaban J connectivity index is 0.00000552. The van der Waals surface area contributed by atoms with Gasteiger partial charge in [-0.2, -0.15) is 0 Å². The monoisotopic (exact) mass is 646 g/mol. The number of halogens is 1. The van der Waals surface area contributed by atoms with Gasteiger partial charge in [0.2, 0.25) is 0 Å². The Kier molecular flexibility index (Phi) is 13.0. The van der Waals surface area contributed by atoms with Gasteiger partial charge >= 0.3 is 43.7 Å². The number of aliphatic carboxylic acids is 1. The molecule has 4 aromatic rings. The van der Waals surface area contributed by atoms with Crippen molar-refractivity contribution in [2.24, 2.45) is 0 Å². The third-order valence-corrected chi connectivity index (χ3v) is 7.33. The van der Waals surface area contributed by atoms with Crippen LogP contribution >= 0.6 is 0 Å². The number of rotatable bonds is 13. The summed E-state index contributed by atoms with van der Waals surface area (Å²) in [7, 11) is 1.43. The summed E-state index contributed by atoms with van der Waals surface area (Å²) in [6.07, 6.45) is -2.69. The number of phenolic OH excluding ortho intramolecular Hbond substituents is 1. The molecule has 0 radical (unpaired) electrons. The molecule has 1 aromatic heterocycles. The summed E-state index contributed by atoms with van der Waals surface area (Å²) < 4.78 is 21.4. The van der Waals surface area contributed by atoms with E-state index in [4.69, 9.17) is 9.84 Å². The van der Waals surface area contributed by atoms with E-state index < -0.39 is 36.3 Å². The molecular weight excluding hydrogens is 607 g/mol. The fourth-order valence-electron chi connectivity index (χ4n) is 5.46. The summed E-state index contributed by atoms with van der Waals surface area (Å²) in [5.74, 6) is -1.96. The zero-order valence-corrected chi connectivity index (χ0v) is 24.8. The Morgan fingerprint density at radius 3 is 2.22 bits per heavy atom. The van der Waals surface area contributed by atoms with Crippen LogP contribution in [0.3, 0.4) is 0 Å². The minimum absolute atomic E-state index is 0. The van der Waals surface area contributed by atoms with Crippen molar-refractivity contribution >= 4 is 55.3 Å². The van der Waals surface area contributed by atoms with E-state index in [0.717, 1.165) is 5.56 Å². The van der Waals surface area contributed by atoms with Crippen LogP contribution in [-0.4, -0.2) is 93.9 Å². The number of carboxylic acids is 1. The molecular formula is C34H39CaFN2O7. The van der Waals surface area contributed by atoms with Gasteiger partial charge in [-0.1, -0.05) is 44.2 Å². The van der Waals surface area contributed by atoms with Crippen LogP contribution in [0, 0.1) is 5.82 Å². The predicted octanol–water partition coefficient (Wildman–Crippen LogP) is 5.11. The number of phenols is 1. The molecule has 11 heteroatoms. The van der Waals surface area contributed by atoms with E-state index in [1.165, 1.54) is 31.4 Å². The second-order valence-electron chi connectivity index (χ2n) is 10.9. The molecule has 2 unspecified atom stereocenters. The molecule has 3 aromatic carbocycles. The number of carboxylic acid groups (broad SMARTS) is 1. The normalized spacial score (nSPS) is 12.3. The third-order valence-electron chi connectivity index (χ3n) is 7.33. The first-order chi connectivity index (χ1) is 21.0. The number of methoxy groups -OCH3 is 1. The molecule has 2 atom stereocenters. The molecule has 0 fully saturated rings. The van der Waals surface area contributed by atoms with Crippen LogP contribution in [-0.2, 0) is 11.3 Å². The summed E-state index contributed by atoms with van der Waals surface area (Å²) >= 11 is 0. The summed E-state index contributed by atoms with van der Waals surface area (Å²) in [5.41, 5.74) is 4.03. The van der Waals surface area contributed by atoms with Gasteiger partial charge < -0.3 is 35.0 Å². The molecule has 236 valence electrons. The molecule has 1 heterocycles. The molecule has 0 saturated heterocycles. The number of aliphatic hydroxyl groups excluding tert-OH is 2. The van der Waals surface area contributed by atoms with E-state index in [1.807, 2.05) is 48.7 Å². The van der Waals surface area contributed by atoms with Gasteiger partial charge in [0.25, 0.3) is 5.91 Å². The molecule has 45 heavy (non-hydrogen) atoms. The molecule has 9 nitrogen and oxygen atoms in total. The number of carbonyl (C=O) groups is 2. The third kappa shape index (κ3) is 8.86. The quantitative estimate of drug-likeness (QED) is 0.100. The first-order valence-corrected chi connectivity index (χ1v) is 14.3. The maximum absolute atomic E-state index is 14.3. The van der Waals surface area contributed by atoms with Crippen molar-refractivity contribution in [3.8, 4) is 33.9 Å². The van der Waals surface area contributed by atoms with Crippen LogP contribution in [0.1, 0.15) is 55.1 Å². The van der Waals surface area contributed by atoms with E-state index in [-0.39, 0.29) is 74.5 Å². The number of ether oxygens (including phenoxy) is 1. The standard InChI is InChI=1S/C34H37FN2O7.Ca.2H/c1-20(2)32-31(34(43)36-27-14-13-24(38)18-28(27)44-3)30(21-7-5-4-6-8-21)33(22-9-11-23(35)12-10-22)37(32)16-15-25(39)17-26(40)19-29(41)42;;;/h4-14,18,20,25-26,38-40H,15-17,19H2,1-3H3,(H,36,43)(H,41,42);;;. The van der Waals surface area contributed by atoms with Crippen molar-refractivity contribution in [2.45, 2.75) is 57.8 Å². The van der Waals surface area contributed by atoms with Gasteiger partial charge in [0.15, 0.2) is 0 Å². The molecule has 4 rings (SSSR count). The van der Waals surface area contributed by atoms with Gasteiger partial charge in [-0.15, -0.1) is 0 Å². The van der Waals surface area contributed by atoms with Crippen LogP contribution in [0.15, 0.2) is 72.8 Å². The zero-order valence-electron chi connectivity index (χ0n) is 24.8. The predicted molar refractivity (Wildman–Crippen MR) is 174 cm³/mol. The van der Waals surface area contributed by atoms with E-state index in [9.17, 15) is 29.3 Å². The number of aromatic hydroxyl groups is 1. The van der Waals surface area contributed by atoms with Crippen LogP contribution in [0.5, 0.6) is 11.5 Å². The van der Waals surface area contributed by atoms with E-state index in [0.29, 0.717) is 33.8 Å². The zero-order chi connectivity index (χ0) is 32.0. The average Bonchev–Trinajstić information content (AvgIpc) is 3.33. The number of hydrogen-bond donors (Lipinski definition) is 5. The summed E-state index contributed by atoms with van der Waals surface area (Å²) in [6, 6.07) is 19.7. The SMILES string of the molecule is COc1cc(O)ccc1NC(=O)c1c(-c2ccccc2)c(-c2ccc(F)cc2)n(CCC(O)CC(O)CC(=O)O)c1C(C)C.[CaH2]. The van der Waals surface area contributed by atoms with E-state index >= 15 is 0 Å². The number of carbonyl (C=O) groups excluding carboxylic acids is 1. The van der Waals surface area contributed by atoms with Crippen molar-refractivity contribution < 1.29 is 39.1 Å². The van der Waals surface area contributed by atoms with Crippen LogP contribution in [0.2, 0.25) is 0 Å².